The Morgan fingerprint density at radius 3 is 2.16 bits per heavy atom. The zero-order valence-corrected chi connectivity index (χ0v) is 16.0. The van der Waals surface area contributed by atoms with Crippen molar-refractivity contribution in [1.82, 2.24) is 14.5 Å². The molecule has 0 saturated carbocycles. The highest BCUT2D eigenvalue weighted by Gasteiger charge is 2.27. The van der Waals surface area contributed by atoms with E-state index in [1.54, 1.807) is 19.1 Å². The predicted molar refractivity (Wildman–Crippen MR) is 96.1 cm³/mol. The topological polar surface area (TPSA) is 78.9 Å². The van der Waals surface area contributed by atoms with Gasteiger partial charge in [-0.25, -0.2) is 8.42 Å². The van der Waals surface area contributed by atoms with E-state index in [1.807, 2.05) is 20.9 Å². The Balaban J connectivity index is 2.03. The number of carbonyl (C=O) groups excluding carboxylic acids is 1. The van der Waals surface area contributed by atoms with Crippen LogP contribution in [0.25, 0.3) is 0 Å². The normalized spacial score (nSPS) is 18.1. The van der Waals surface area contributed by atoms with E-state index < -0.39 is 16.1 Å². The molecule has 140 valence electrons. The van der Waals surface area contributed by atoms with Crippen LogP contribution in [0.15, 0.2) is 29.2 Å². The van der Waals surface area contributed by atoms with Crippen molar-refractivity contribution < 1.29 is 17.9 Å². The number of likely N-dealkylation sites (N-methyl/N-ethyl adjacent to an activating group) is 1. The van der Waals surface area contributed by atoms with Gasteiger partial charge in [-0.05, 0) is 52.1 Å². The Labute approximate surface area is 150 Å². The number of ether oxygens (including phenoxy) is 1. The molecule has 1 aliphatic rings. The maximum absolute atomic E-state index is 12.7. The third-order valence-corrected chi connectivity index (χ3v) is 5.95. The smallest absolute Gasteiger partial charge is 0.260 e. The van der Waals surface area contributed by atoms with Crippen molar-refractivity contribution >= 4 is 15.9 Å². The van der Waals surface area contributed by atoms with E-state index in [9.17, 15) is 13.2 Å². The van der Waals surface area contributed by atoms with E-state index in [0.717, 1.165) is 13.1 Å². The third-order valence-electron chi connectivity index (χ3n) is 4.04. The lowest BCUT2D eigenvalue weighted by Gasteiger charge is -2.31. The number of amides is 1. The van der Waals surface area contributed by atoms with Crippen LogP contribution < -0.4 is 10.1 Å². The molecule has 2 rings (SSSR count). The van der Waals surface area contributed by atoms with Gasteiger partial charge in [-0.15, -0.1) is 0 Å². The summed E-state index contributed by atoms with van der Waals surface area (Å²) in [5.41, 5.74) is 0. The van der Waals surface area contributed by atoms with Gasteiger partial charge in [0.2, 0.25) is 10.0 Å². The SMILES string of the molecule is CC(C)NC(=O)[C@@H](C)Oc1ccc(S(=O)(=O)N2CCN(C)CC2)cc1. The second-order valence-corrected chi connectivity index (χ2v) is 8.54. The molecule has 1 aliphatic heterocycles. The minimum absolute atomic E-state index is 0.0367. The van der Waals surface area contributed by atoms with Crippen LogP contribution in [0.4, 0.5) is 0 Å². The van der Waals surface area contributed by atoms with Crippen molar-refractivity contribution in [3.8, 4) is 5.75 Å². The molecule has 0 bridgehead atoms. The van der Waals surface area contributed by atoms with Gasteiger partial charge in [-0.2, -0.15) is 4.31 Å². The minimum atomic E-state index is -3.49. The second-order valence-electron chi connectivity index (χ2n) is 6.60. The van der Waals surface area contributed by atoms with Crippen LogP contribution in [-0.2, 0) is 14.8 Å². The van der Waals surface area contributed by atoms with Crippen molar-refractivity contribution in [2.24, 2.45) is 0 Å². The molecule has 8 heteroatoms. The molecule has 1 aromatic rings. The maximum atomic E-state index is 12.7. The third kappa shape index (κ3) is 5.17. The largest absolute Gasteiger partial charge is 0.481 e. The summed E-state index contributed by atoms with van der Waals surface area (Å²) < 4.78 is 32.4. The van der Waals surface area contributed by atoms with Gasteiger partial charge in [-0.1, -0.05) is 0 Å². The van der Waals surface area contributed by atoms with Gasteiger partial charge in [0.25, 0.3) is 5.91 Å². The van der Waals surface area contributed by atoms with Crippen LogP contribution in [0.3, 0.4) is 0 Å². The van der Waals surface area contributed by atoms with E-state index in [0.29, 0.717) is 18.8 Å². The number of piperazine rings is 1. The van der Waals surface area contributed by atoms with Crippen LogP contribution in [0.1, 0.15) is 20.8 Å². The van der Waals surface area contributed by atoms with Gasteiger partial charge in [0.1, 0.15) is 5.75 Å². The molecule has 0 unspecified atom stereocenters. The predicted octanol–water partition coefficient (Wildman–Crippen LogP) is 0.915. The molecule has 1 saturated heterocycles. The fourth-order valence-corrected chi connectivity index (χ4v) is 3.95. The molecule has 1 amide bonds. The quantitative estimate of drug-likeness (QED) is 0.807. The first-order valence-electron chi connectivity index (χ1n) is 8.46. The molecule has 7 nitrogen and oxygen atoms in total. The highest BCUT2D eigenvalue weighted by molar-refractivity contribution is 7.89. The van der Waals surface area contributed by atoms with Gasteiger partial charge in [0, 0.05) is 32.2 Å². The number of sulfonamides is 1. The second kappa shape index (κ2) is 8.16. The average Bonchev–Trinajstić information content (AvgIpc) is 2.55. The average molecular weight is 369 g/mol. The Morgan fingerprint density at radius 2 is 1.64 bits per heavy atom. The summed E-state index contributed by atoms with van der Waals surface area (Å²) in [6, 6.07) is 6.26. The number of nitrogens with one attached hydrogen (secondary N) is 1. The molecule has 0 radical (unpaired) electrons. The molecule has 1 atom stereocenters. The van der Waals surface area contributed by atoms with Gasteiger partial charge < -0.3 is 15.0 Å². The molecule has 0 aromatic heterocycles. The highest BCUT2D eigenvalue weighted by Crippen LogP contribution is 2.21. The maximum Gasteiger partial charge on any atom is 0.260 e. The summed E-state index contributed by atoms with van der Waals surface area (Å²) in [5.74, 6) is 0.257. The fourth-order valence-electron chi connectivity index (χ4n) is 2.53. The lowest BCUT2D eigenvalue weighted by Crippen LogP contribution is -2.46. The summed E-state index contributed by atoms with van der Waals surface area (Å²) in [7, 11) is -1.51. The van der Waals surface area contributed by atoms with Crippen molar-refractivity contribution in [2.45, 2.75) is 37.8 Å². The molecule has 1 N–H and O–H groups in total. The molecule has 0 aliphatic carbocycles. The number of hydrogen-bond acceptors (Lipinski definition) is 5. The van der Waals surface area contributed by atoms with Crippen LogP contribution in [0, 0.1) is 0 Å². The molecule has 0 spiro atoms. The van der Waals surface area contributed by atoms with E-state index in [1.165, 1.54) is 16.4 Å². The summed E-state index contributed by atoms with van der Waals surface area (Å²) in [6.45, 7) is 7.84. The van der Waals surface area contributed by atoms with Crippen molar-refractivity contribution in [3.63, 3.8) is 0 Å². The Kier molecular flexibility index (Phi) is 6.42. The summed E-state index contributed by atoms with van der Waals surface area (Å²) >= 11 is 0. The zero-order valence-electron chi connectivity index (χ0n) is 15.2. The first-order chi connectivity index (χ1) is 11.7. The van der Waals surface area contributed by atoms with E-state index >= 15 is 0 Å². The van der Waals surface area contributed by atoms with Crippen molar-refractivity contribution in [1.29, 1.82) is 0 Å². The van der Waals surface area contributed by atoms with E-state index in [2.05, 4.69) is 10.2 Å². The first-order valence-corrected chi connectivity index (χ1v) is 9.90. The minimum Gasteiger partial charge on any atom is -0.481 e. The first kappa shape index (κ1) is 19.7. The van der Waals surface area contributed by atoms with Gasteiger partial charge in [0.05, 0.1) is 4.90 Å². The van der Waals surface area contributed by atoms with Crippen molar-refractivity contribution in [2.75, 3.05) is 33.2 Å². The molecule has 1 fully saturated rings. The van der Waals surface area contributed by atoms with E-state index in [-0.39, 0.29) is 16.8 Å². The van der Waals surface area contributed by atoms with Gasteiger partial charge in [-0.3, -0.25) is 4.79 Å². The van der Waals surface area contributed by atoms with Gasteiger partial charge >= 0.3 is 0 Å². The van der Waals surface area contributed by atoms with Crippen molar-refractivity contribution in [3.05, 3.63) is 24.3 Å². The monoisotopic (exact) mass is 369 g/mol. The Hall–Kier alpha value is -1.64. The summed E-state index contributed by atoms with van der Waals surface area (Å²) in [4.78, 5) is 14.2. The number of carbonyl (C=O) groups is 1. The molecule has 1 aromatic carbocycles. The Bertz CT molecular complexity index is 680. The number of benzene rings is 1. The fraction of sp³-hybridized carbons (Fsp3) is 0.588. The van der Waals surface area contributed by atoms with Crippen LogP contribution in [0.2, 0.25) is 0 Å². The lowest BCUT2D eigenvalue weighted by atomic mass is 10.3. The highest BCUT2D eigenvalue weighted by atomic mass is 32.2. The van der Waals surface area contributed by atoms with E-state index in [4.69, 9.17) is 4.74 Å². The number of hydrogen-bond donors (Lipinski definition) is 1. The summed E-state index contributed by atoms with van der Waals surface area (Å²) in [6.07, 6.45) is -0.650. The zero-order chi connectivity index (χ0) is 18.6. The lowest BCUT2D eigenvalue weighted by molar-refractivity contribution is -0.127. The van der Waals surface area contributed by atoms with Crippen LogP contribution in [-0.4, -0.2) is 68.9 Å². The standard InChI is InChI=1S/C17H27N3O4S/c1-13(2)18-17(21)14(3)24-15-5-7-16(8-6-15)25(22,23)20-11-9-19(4)10-12-20/h5-8,13-14H,9-12H2,1-4H3,(H,18,21)/t14-/m1/s1. The molecule has 25 heavy (non-hydrogen) atoms. The number of nitrogens with zero attached hydrogens (tertiary/aromatic N) is 2. The molecular weight excluding hydrogens is 342 g/mol. The molecule has 1 heterocycles. The number of rotatable bonds is 6. The Morgan fingerprint density at radius 1 is 1.08 bits per heavy atom. The summed E-state index contributed by atoms with van der Waals surface area (Å²) in [5, 5.41) is 2.77. The van der Waals surface area contributed by atoms with Gasteiger partial charge in [0.15, 0.2) is 6.10 Å². The van der Waals surface area contributed by atoms with Crippen LogP contribution in [0.5, 0.6) is 5.75 Å². The van der Waals surface area contributed by atoms with Crippen LogP contribution >= 0.6 is 0 Å². The molecular formula is C17H27N3O4S.